The van der Waals surface area contributed by atoms with E-state index in [2.05, 4.69) is 21.2 Å². The molecule has 0 spiro atoms. The third-order valence-corrected chi connectivity index (χ3v) is 9.55. The number of nitrogens with one attached hydrogen (secondary N) is 1. The van der Waals surface area contributed by atoms with E-state index in [1.807, 2.05) is 42.5 Å². The lowest BCUT2D eigenvalue weighted by Crippen LogP contribution is -2.31. The number of fused-ring (bicyclic) bond motifs is 1. The van der Waals surface area contributed by atoms with Gasteiger partial charge in [0.15, 0.2) is 17.3 Å². The summed E-state index contributed by atoms with van der Waals surface area (Å²) in [7, 11) is 1.58. The second-order valence-electron chi connectivity index (χ2n) is 9.80. The maximum absolute atomic E-state index is 13.3. The van der Waals surface area contributed by atoms with Gasteiger partial charge in [-0.15, -0.1) is 5.10 Å². The predicted molar refractivity (Wildman–Crippen MR) is 170 cm³/mol. The molecule has 4 aromatic rings. The first kappa shape index (κ1) is 29.4. The molecule has 6 rings (SSSR count). The highest BCUT2D eigenvalue weighted by Gasteiger charge is 2.37. The van der Waals surface area contributed by atoms with E-state index in [0.29, 0.717) is 59.9 Å². The van der Waals surface area contributed by atoms with E-state index in [1.165, 1.54) is 11.8 Å². The van der Waals surface area contributed by atoms with E-state index >= 15 is 0 Å². The second kappa shape index (κ2) is 12.5. The number of ether oxygens (including phenoxy) is 2. The van der Waals surface area contributed by atoms with Crippen molar-refractivity contribution in [2.24, 2.45) is 0 Å². The first-order valence-corrected chi connectivity index (χ1v) is 16.0. The highest BCUT2D eigenvalue weighted by molar-refractivity contribution is 9.10. The van der Waals surface area contributed by atoms with Crippen LogP contribution in [-0.4, -0.2) is 27.7 Å². The maximum atomic E-state index is 13.3. The molecule has 1 aliphatic carbocycles. The quantitative estimate of drug-likeness (QED) is 0.184. The molecule has 0 amide bonds. The fraction of sp³-hybridized carbons (Fsp3) is 0.233. The summed E-state index contributed by atoms with van der Waals surface area (Å²) in [5.41, 5.74) is 4.17. The minimum absolute atomic E-state index is 0.0907. The van der Waals surface area contributed by atoms with E-state index in [0.717, 1.165) is 35.2 Å². The Morgan fingerprint density at radius 3 is 2.69 bits per heavy atom. The van der Waals surface area contributed by atoms with Crippen molar-refractivity contribution in [1.82, 2.24) is 14.8 Å². The summed E-state index contributed by atoms with van der Waals surface area (Å²) in [5, 5.41) is 10.6. The van der Waals surface area contributed by atoms with Gasteiger partial charge in [0, 0.05) is 44.1 Å². The van der Waals surface area contributed by atoms with Gasteiger partial charge in [0.05, 0.1) is 11.6 Å². The van der Waals surface area contributed by atoms with Crippen LogP contribution in [-0.2, 0) is 17.2 Å². The van der Waals surface area contributed by atoms with Gasteiger partial charge in [-0.2, -0.15) is 4.98 Å². The minimum Gasteiger partial charge on any atom is -0.493 e. The molecule has 1 atom stereocenters. The number of hydrogen-bond acceptors (Lipinski definition) is 7. The summed E-state index contributed by atoms with van der Waals surface area (Å²) < 4.78 is 14.4. The molecular formula is C30H24BrCl3N4O3S. The fourth-order valence-corrected chi connectivity index (χ4v) is 7.24. The van der Waals surface area contributed by atoms with Gasteiger partial charge < -0.3 is 14.8 Å². The van der Waals surface area contributed by atoms with Gasteiger partial charge in [0.1, 0.15) is 12.6 Å². The van der Waals surface area contributed by atoms with Crippen molar-refractivity contribution in [2.45, 2.75) is 42.8 Å². The van der Waals surface area contributed by atoms with Gasteiger partial charge in [-0.25, -0.2) is 4.68 Å². The van der Waals surface area contributed by atoms with E-state index in [1.54, 1.807) is 23.9 Å². The van der Waals surface area contributed by atoms with Gasteiger partial charge in [0.25, 0.3) is 0 Å². The number of allylic oxidation sites excluding steroid dienone is 2. The van der Waals surface area contributed by atoms with Crippen LogP contribution in [0, 0.1) is 0 Å². The number of nitrogens with zero attached hydrogens (tertiary/aromatic N) is 3. The predicted octanol–water partition coefficient (Wildman–Crippen LogP) is 8.90. The zero-order chi connectivity index (χ0) is 29.4. The van der Waals surface area contributed by atoms with E-state index in [-0.39, 0.29) is 12.4 Å². The Kier molecular flexibility index (Phi) is 8.75. The Morgan fingerprint density at radius 2 is 1.90 bits per heavy atom. The number of halogens is 4. The van der Waals surface area contributed by atoms with Crippen molar-refractivity contribution in [3.8, 4) is 11.5 Å². The molecule has 2 heterocycles. The molecule has 3 aromatic carbocycles. The summed E-state index contributed by atoms with van der Waals surface area (Å²) in [6, 6.07) is 16.3. The fourth-order valence-electron chi connectivity index (χ4n) is 5.09. The molecule has 1 N–H and O–H groups in total. The molecule has 0 saturated carbocycles. The van der Waals surface area contributed by atoms with Gasteiger partial charge in [-0.1, -0.05) is 70.8 Å². The normalized spacial score (nSPS) is 16.1. The molecule has 1 aliphatic heterocycles. The number of ketones is 1. The zero-order valence-electron chi connectivity index (χ0n) is 22.3. The third kappa shape index (κ3) is 5.90. The first-order valence-electron chi connectivity index (χ1n) is 13.1. The van der Waals surface area contributed by atoms with Crippen molar-refractivity contribution >= 4 is 74.2 Å². The second-order valence-corrected chi connectivity index (χ2v) is 12.8. The number of carbonyl (C=O) groups is 1. The van der Waals surface area contributed by atoms with Gasteiger partial charge >= 0.3 is 0 Å². The summed E-state index contributed by atoms with van der Waals surface area (Å²) in [6.07, 6.45) is 2.02. The number of hydrogen-bond donors (Lipinski definition) is 1. The topological polar surface area (TPSA) is 78.3 Å². The number of carbonyl (C=O) groups excluding carboxylic acids is 1. The van der Waals surface area contributed by atoms with E-state index in [4.69, 9.17) is 54.4 Å². The monoisotopic (exact) mass is 704 g/mol. The molecule has 12 heteroatoms. The van der Waals surface area contributed by atoms with Crippen LogP contribution >= 0.6 is 62.5 Å². The minimum atomic E-state index is -0.490. The number of rotatable bonds is 8. The number of anilines is 1. The van der Waals surface area contributed by atoms with Crippen LogP contribution in [0.5, 0.6) is 11.5 Å². The smallest absolute Gasteiger partial charge is 0.227 e. The number of Topliss-reactive ketones (excluding diaryl/α,β-unsaturated/α-hetero) is 1. The van der Waals surface area contributed by atoms with Crippen molar-refractivity contribution in [3.05, 3.63) is 102 Å². The lowest BCUT2D eigenvalue weighted by molar-refractivity contribution is -0.116. The van der Waals surface area contributed by atoms with Gasteiger partial charge in [0.2, 0.25) is 11.1 Å². The van der Waals surface area contributed by atoms with Crippen LogP contribution in [0.25, 0.3) is 0 Å². The largest absolute Gasteiger partial charge is 0.493 e. The molecule has 7 nitrogen and oxygen atoms in total. The highest BCUT2D eigenvalue weighted by Crippen LogP contribution is 2.45. The van der Waals surface area contributed by atoms with Gasteiger partial charge in [-0.05, 0) is 70.2 Å². The van der Waals surface area contributed by atoms with Crippen LogP contribution in [0.2, 0.25) is 15.1 Å². The Bertz CT molecular complexity index is 1730. The number of benzene rings is 3. The first-order chi connectivity index (χ1) is 20.3. The summed E-state index contributed by atoms with van der Waals surface area (Å²) >= 11 is 23.9. The number of thioether (sulfide) groups is 1. The van der Waals surface area contributed by atoms with Crippen LogP contribution in [0.1, 0.15) is 42.0 Å². The molecule has 1 aromatic heterocycles. The third-order valence-electron chi connectivity index (χ3n) is 7.12. The molecule has 42 heavy (non-hydrogen) atoms. The van der Waals surface area contributed by atoms with E-state index < -0.39 is 6.04 Å². The lowest BCUT2D eigenvalue weighted by atomic mass is 9.85. The van der Waals surface area contributed by atoms with Crippen molar-refractivity contribution in [3.63, 3.8) is 0 Å². The molecule has 1 unspecified atom stereocenters. The van der Waals surface area contributed by atoms with Crippen molar-refractivity contribution in [2.75, 3.05) is 12.4 Å². The van der Waals surface area contributed by atoms with Crippen molar-refractivity contribution < 1.29 is 14.3 Å². The molecule has 0 saturated heterocycles. The summed E-state index contributed by atoms with van der Waals surface area (Å²) in [5.74, 6) is 2.31. The molecule has 0 bridgehead atoms. The molecule has 2 aliphatic rings. The van der Waals surface area contributed by atoms with Crippen molar-refractivity contribution in [1.29, 1.82) is 0 Å². The van der Waals surface area contributed by atoms with E-state index in [9.17, 15) is 4.79 Å². The zero-order valence-corrected chi connectivity index (χ0v) is 27.0. The lowest BCUT2D eigenvalue weighted by Gasteiger charge is -2.32. The average molecular weight is 707 g/mol. The summed E-state index contributed by atoms with van der Waals surface area (Å²) in [4.78, 5) is 18.1. The Morgan fingerprint density at radius 1 is 1.07 bits per heavy atom. The Labute approximate surface area is 270 Å². The molecular weight excluding hydrogens is 683 g/mol. The summed E-state index contributed by atoms with van der Waals surface area (Å²) in [6.45, 7) is 0.213. The average Bonchev–Trinajstić information content (AvgIpc) is 3.38. The maximum Gasteiger partial charge on any atom is 0.227 e. The van der Waals surface area contributed by atoms with Crippen LogP contribution in [0.3, 0.4) is 0 Å². The standard InChI is InChI=1S/C30H24BrCl3N4O3S/c1-40-25-12-18(11-20(31)28(25)41-14-16-9-10-19(32)13-22(16)34)27-26-23(7-4-8-24(26)39)35-29-36-30(37-38(27)29)42-15-17-5-2-3-6-21(17)33/h2-3,5-6,9-13,27H,4,7-8,14-15H2,1H3,(H,35,36,37). The molecule has 0 fully saturated rings. The Balaban J connectivity index is 1.35. The van der Waals surface area contributed by atoms with Crippen LogP contribution < -0.4 is 14.8 Å². The SMILES string of the molecule is COc1cc(C2C3=C(CCCC3=O)Nc3nc(SCc4ccccc4Cl)nn32)cc(Br)c1OCc1ccc(Cl)cc1Cl. The van der Waals surface area contributed by atoms with Gasteiger partial charge in [-0.3, -0.25) is 4.79 Å². The molecule has 0 radical (unpaired) electrons. The Hall–Kier alpha value is -2.69. The molecule has 216 valence electrons. The number of aromatic nitrogens is 3. The van der Waals surface area contributed by atoms with Crippen LogP contribution in [0.4, 0.5) is 5.95 Å². The van der Waals surface area contributed by atoms with Crippen LogP contribution in [0.15, 0.2) is 75.5 Å². The number of methoxy groups -OCH3 is 1. The highest BCUT2D eigenvalue weighted by atomic mass is 79.9.